The van der Waals surface area contributed by atoms with Gasteiger partial charge in [-0.2, -0.15) is 0 Å². The third kappa shape index (κ3) is 2.91. The van der Waals surface area contributed by atoms with Gasteiger partial charge in [-0.15, -0.1) is 0 Å². The summed E-state index contributed by atoms with van der Waals surface area (Å²) in [6.45, 7) is 0. The number of imide groups is 1. The summed E-state index contributed by atoms with van der Waals surface area (Å²) in [5.41, 5.74) is 0.589. The lowest BCUT2D eigenvalue weighted by Gasteiger charge is -2.17. The maximum absolute atomic E-state index is 12.9. The molecule has 3 aliphatic rings. The van der Waals surface area contributed by atoms with Gasteiger partial charge in [0, 0.05) is 11.3 Å². The number of nitrogens with zero attached hydrogens (tertiary/aromatic N) is 1. The highest BCUT2D eigenvalue weighted by molar-refractivity contribution is 6.23. The summed E-state index contributed by atoms with van der Waals surface area (Å²) in [4.78, 5) is 50.6. The second-order valence-electron chi connectivity index (χ2n) is 8.05. The minimum atomic E-state index is -1.31. The fourth-order valence-electron chi connectivity index (χ4n) is 4.91. The molecule has 2 aromatic rings. The molecule has 2 bridgehead atoms. The highest BCUT2D eigenvalue weighted by Crippen LogP contribution is 2.53. The standard InChI is InChI=1S/C23H18N2O6/c26-17-8-5-14(10-16(17)23(30)31)24-20(27)11-3-6-15(7-4-11)25-21(28)18-12-1-2-13(9-12)19(18)22(25)29/h1-8,10,12-13,18-19,26H,9H2,(H,24,27)(H,30,31). The molecule has 1 aliphatic heterocycles. The number of carbonyl (C=O) groups is 4. The molecular weight excluding hydrogens is 400 g/mol. The Hall–Kier alpha value is -3.94. The van der Waals surface area contributed by atoms with Crippen LogP contribution in [0.4, 0.5) is 11.4 Å². The SMILES string of the molecule is O=C(Nc1ccc(O)c(C(=O)O)c1)c1ccc(N2C(=O)C3C4C=CC(C4)C3C2=O)cc1. The van der Waals surface area contributed by atoms with Crippen molar-refractivity contribution in [3.63, 3.8) is 0 Å². The quantitative estimate of drug-likeness (QED) is 0.398. The minimum absolute atomic E-state index is 0.127. The number of phenols is 1. The van der Waals surface area contributed by atoms with Gasteiger partial charge in [0.25, 0.3) is 5.91 Å². The van der Waals surface area contributed by atoms with Crippen LogP contribution >= 0.6 is 0 Å². The normalized spacial score (nSPS) is 25.7. The van der Waals surface area contributed by atoms with Crippen LogP contribution in [0.2, 0.25) is 0 Å². The van der Waals surface area contributed by atoms with Gasteiger partial charge < -0.3 is 15.5 Å². The molecule has 8 nitrogen and oxygen atoms in total. The highest BCUT2D eigenvalue weighted by atomic mass is 16.4. The van der Waals surface area contributed by atoms with E-state index in [0.29, 0.717) is 5.69 Å². The maximum atomic E-state index is 12.9. The molecule has 0 aromatic heterocycles. The van der Waals surface area contributed by atoms with E-state index in [2.05, 4.69) is 5.32 Å². The van der Waals surface area contributed by atoms with Crippen LogP contribution in [-0.4, -0.2) is 33.9 Å². The molecule has 1 saturated carbocycles. The molecular formula is C23H18N2O6. The van der Waals surface area contributed by atoms with Gasteiger partial charge in [-0.05, 0) is 60.7 Å². The molecule has 4 atom stereocenters. The zero-order chi connectivity index (χ0) is 21.9. The molecule has 2 aromatic carbocycles. The minimum Gasteiger partial charge on any atom is -0.507 e. The van der Waals surface area contributed by atoms with Crippen LogP contribution in [0, 0.1) is 23.7 Å². The predicted octanol–water partition coefficient (Wildman–Crippen LogP) is 2.65. The summed E-state index contributed by atoms with van der Waals surface area (Å²) in [5.74, 6) is -2.90. The third-order valence-corrected chi connectivity index (χ3v) is 6.34. The molecule has 0 radical (unpaired) electrons. The Morgan fingerprint density at radius 2 is 1.55 bits per heavy atom. The van der Waals surface area contributed by atoms with Crippen LogP contribution in [0.25, 0.3) is 0 Å². The molecule has 3 N–H and O–H groups in total. The van der Waals surface area contributed by atoms with E-state index in [-0.39, 0.29) is 52.3 Å². The topological polar surface area (TPSA) is 124 Å². The largest absolute Gasteiger partial charge is 0.507 e. The van der Waals surface area contributed by atoms with Crippen molar-refractivity contribution in [2.24, 2.45) is 23.7 Å². The fourth-order valence-corrected chi connectivity index (χ4v) is 4.91. The molecule has 156 valence electrons. The smallest absolute Gasteiger partial charge is 0.339 e. The Labute approximate surface area is 176 Å². The Bertz CT molecular complexity index is 1140. The summed E-state index contributed by atoms with van der Waals surface area (Å²) in [6, 6.07) is 9.85. The van der Waals surface area contributed by atoms with Crippen molar-refractivity contribution in [2.75, 3.05) is 10.2 Å². The average molecular weight is 418 g/mol. The van der Waals surface area contributed by atoms with Crippen LogP contribution < -0.4 is 10.2 Å². The summed E-state index contributed by atoms with van der Waals surface area (Å²) in [5, 5.41) is 21.2. The molecule has 1 heterocycles. The summed E-state index contributed by atoms with van der Waals surface area (Å²) in [6.07, 6.45) is 4.93. The zero-order valence-electron chi connectivity index (χ0n) is 16.2. The number of carbonyl (C=O) groups excluding carboxylic acids is 3. The van der Waals surface area contributed by atoms with Gasteiger partial charge in [0.15, 0.2) is 0 Å². The van der Waals surface area contributed by atoms with Gasteiger partial charge in [-0.25, -0.2) is 4.79 Å². The lowest BCUT2D eigenvalue weighted by molar-refractivity contribution is -0.123. The number of amides is 3. The van der Waals surface area contributed by atoms with Crippen molar-refractivity contribution in [3.8, 4) is 5.75 Å². The number of carboxylic acid groups (broad SMARTS) is 1. The number of aromatic carboxylic acids is 1. The number of rotatable bonds is 4. The van der Waals surface area contributed by atoms with E-state index in [4.69, 9.17) is 5.11 Å². The van der Waals surface area contributed by atoms with Crippen molar-refractivity contribution >= 4 is 35.1 Å². The summed E-state index contributed by atoms with van der Waals surface area (Å²) >= 11 is 0. The van der Waals surface area contributed by atoms with E-state index >= 15 is 0 Å². The van der Waals surface area contributed by atoms with Crippen molar-refractivity contribution < 1.29 is 29.4 Å². The van der Waals surface area contributed by atoms with Crippen molar-refractivity contribution in [2.45, 2.75) is 6.42 Å². The first-order chi connectivity index (χ1) is 14.8. The van der Waals surface area contributed by atoms with Crippen LogP contribution in [-0.2, 0) is 9.59 Å². The van der Waals surface area contributed by atoms with Crippen LogP contribution in [0.15, 0.2) is 54.6 Å². The lowest BCUT2D eigenvalue weighted by Crippen LogP contribution is -2.32. The Balaban J connectivity index is 1.33. The van der Waals surface area contributed by atoms with E-state index in [1.165, 1.54) is 29.2 Å². The summed E-state index contributed by atoms with van der Waals surface area (Å²) < 4.78 is 0. The van der Waals surface area contributed by atoms with E-state index in [9.17, 15) is 24.3 Å². The van der Waals surface area contributed by atoms with Gasteiger partial charge in [0.1, 0.15) is 11.3 Å². The number of hydrogen-bond acceptors (Lipinski definition) is 5. The first-order valence-electron chi connectivity index (χ1n) is 9.89. The van der Waals surface area contributed by atoms with Gasteiger partial charge in [0.2, 0.25) is 11.8 Å². The van der Waals surface area contributed by atoms with E-state index < -0.39 is 17.6 Å². The van der Waals surface area contributed by atoms with Crippen molar-refractivity contribution in [3.05, 3.63) is 65.7 Å². The molecule has 1 saturated heterocycles. The van der Waals surface area contributed by atoms with Crippen LogP contribution in [0.5, 0.6) is 5.75 Å². The number of nitrogens with one attached hydrogen (secondary N) is 1. The molecule has 31 heavy (non-hydrogen) atoms. The third-order valence-electron chi connectivity index (χ3n) is 6.34. The number of fused-ring (bicyclic) bond motifs is 5. The van der Waals surface area contributed by atoms with Crippen molar-refractivity contribution in [1.82, 2.24) is 0 Å². The van der Waals surface area contributed by atoms with Gasteiger partial charge >= 0.3 is 5.97 Å². The molecule has 4 unspecified atom stereocenters. The monoisotopic (exact) mass is 418 g/mol. The molecule has 2 aliphatic carbocycles. The average Bonchev–Trinajstić information content (AvgIpc) is 3.43. The summed E-state index contributed by atoms with van der Waals surface area (Å²) in [7, 11) is 0. The second kappa shape index (κ2) is 6.80. The number of aromatic hydroxyl groups is 1. The van der Waals surface area contributed by atoms with E-state index in [0.717, 1.165) is 12.5 Å². The maximum Gasteiger partial charge on any atom is 0.339 e. The van der Waals surface area contributed by atoms with Gasteiger partial charge in [-0.3, -0.25) is 19.3 Å². The number of hydrogen-bond donors (Lipinski definition) is 3. The van der Waals surface area contributed by atoms with Crippen molar-refractivity contribution in [1.29, 1.82) is 0 Å². The lowest BCUT2D eigenvalue weighted by atomic mass is 9.85. The van der Waals surface area contributed by atoms with E-state index in [1.54, 1.807) is 12.1 Å². The first kappa shape index (κ1) is 19.0. The molecule has 3 amide bonds. The van der Waals surface area contributed by atoms with Crippen LogP contribution in [0.3, 0.4) is 0 Å². The Morgan fingerprint density at radius 1 is 0.935 bits per heavy atom. The number of allylic oxidation sites excluding steroid dienone is 2. The highest BCUT2D eigenvalue weighted by Gasteiger charge is 2.59. The van der Waals surface area contributed by atoms with Crippen LogP contribution in [0.1, 0.15) is 27.1 Å². The zero-order valence-corrected chi connectivity index (χ0v) is 16.2. The van der Waals surface area contributed by atoms with Gasteiger partial charge in [-0.1, -0.05) is 12.2 Å². The molecule has 2 fully saturated rings. The van der Waals surface area contributed by atoms with Gasteiger partial charge in [0.05, 0.1) is 17.5 Å². The predicted molar refractivity (Wildman–Crippen MR) is 110 cm³/mol. The van der Waals surface area contributed by atoms with E-state index in [1.807, 2.05) is 12.2 Å². The fraction of sp³-hybridized carbons (Fsp3) is 0.217. The molecule has 5 rings (SSSR count). The molecule has 8 heteroatoms. The second-order valence-corrected chi connectivity index (χ2v) is 8.05. The number of carboxylic acids is 1. The number of anilines is 2. The first-order valence-corrected chi connectivity index (χ1v) is 9.89. The number of benzene rings is 2. The Morgan fingerprint density at radius 3 is 2.13 bits per heavy atom. The Kier molecular flexibility index (Phi) is 4.18. The molecule has 0 spiro atoms.